The summed E-state index contributed by atoms with van der Waals surface area (Å²) in [6.07, 6.45) is 29.5. The fraction of sp³-hybridized carbons (Fsp3) is 0.583. The van der Waals surface area contributed by atoms with E-state index in [0.29, 0.717) is 23.3 Å². The highest BCUT2D eigenvalue weighted by Gasteiger charge is 2.59. The molecule has 0 unspecified atom stereocenters. The van der Waals surface area contributed by atoms with Gasteiger partial charge in [-0.3, -0.25) is 4.99 Å². The van der Waals surface area contributed by atoms with Gasteiger partial charge in [-0.05, 0) is 176 Å². The third-order valence-electron chi connectivity index (χ3n) is 17.2. The second-order valence-corrected chi connectivity index (χ2v) is 22.2. The van der Waals surface area contributed by atoms with Crippen LogP contribution < -0.4 is 9.47 Å². The molecule has 0 aliphatic heterocycles. The van der Waals surface area contributed by atoms with Gasteiger partial charge in [-0.1, -0.05) is 123 Å². The molecule has 0 radical (unpaired) electrons. The van der Waals surface area contributed by atoms with Gasteiger partial charge in [0.15, 0.2) is 5.69 Å². The predicted molar refractivity (Wildman–Crippen MR) is 277 cm³/mol. The maximum atomic E-state index is 13.5. The number of unbranched alkanes of at least 4 members (excludes halogenated alkanes) is 7. The number of aromatic nitrogens is 3. The average Bonchev–Trinajstić information content (AvgIpc) is 3.99. The standard InChI is InChI=1S/C60H80N4O5/c1-7-8-9-10-11-12-13-14-38-67-49-29-20-45(21-30-49)57(65)68-50-27-18-44(19-28-50)40-61-47-23-25-48(26-24-47)64-41-56(62-63-64)58(66)69-51-34-36-59(5)46(39-51)22-31-52-54-33-32-53(43(4)17-15-16-42(2)3)60(54,6)37-35-55(52)59/h18-30,40-43,51-55H,7-17,31-39H2,1-6H3/t43-,51+,52+,53-,54+,55+,59+,60-/m1/s1. The Hall–Kier alpha value is -5.05. The maximum absolute atomic E-state index is 13.5. The molecule has 69 heavy (non-hydrogen) atoms. The van der Waals surface area contributed by atoms with Gasteiger partial charge < -0.3 is 14.2 Å². The van der Waals surface area contributed by atoms with Crippen molar-refractivity contribution in [3.63, 3.8) is 0 Å². The van der Waals surface area contributed by atoms with Crippen LogP contribution in [0.1, 0.15) is 190 Å². The van der Waals surface area contributed by atoms with Gasteiger partial charge in [0, 0.05) is 12.6 Å². The van der Waals surface area contributed by atoms with E-state index in [1.54, 1.807) is 41.4 Å². The molecule has 1 heterocycles. The highest BCUT2D eigenvalue weighted by atomic mass is 16.5. The van der Waals surface area contributed by atoms with Crippen molar-refractivity contribution in [2.45, 2.75) is 170 Å². The second kappa shape index (κ2) is 23.2. The van der Waals surface area contributed by atoms with Crippen LogP contribution in [0.15, 0.2) is 95.6 Å². The summed E-state index contributed by atoms with van der Waals surface area (Å²) in [5, 5.41) is 8.48. The second-order valence-electron chi connectivity index (χ2n) is 22.2. The number of rotatable bonds is 22. The van der Waals surface area contributed by atoms with Gasteiger partial charge >= 0.3 is 11.9 Å². The van der Waals surface area contributed by atoms with Gasteiger partial charge in [0.1, 0.15) is 17.6 Å². The summed E-state index contributed by atoms with van der Waals surface area (Å²) in [6, 6.07) is 21.9. The molecule has 0 saturated heterocycles. The van der Waals surface area contributed by atoms with Crippen LogP contribution >= 0.6 is 0 Å². The number of carbonyl (C=O) groups is 2. The largest absolute Gasteiger partial charge is 0.494 e. The lowest BCUT2D eigenvalue weighted by molar-refractivity contribution is -0.0595. The third-order valence-corrected chi connectivity index (χ3v) is 17.2. The minimum atomic E-state index is -0.421. The smallest absolute Gasteiger partial charge is 0.360 e. The molecule has 4 aliphatic rings. The number of fused-ring (bicyclic) bond motifs is 5. The Bertz CT molecular complexity index is 2350. The molecule has 3 saturated carbocycles. The van der Waals surface area contributed by atoms with E-state index in [-0.39, 0.29) is 17.2 Å². The Labute approximate surface area is 413 Å². The molecule has 4 aliphatic carbocycles. The monoisotopic (exact) mass is 937 g/mol. The molecular formula is C60H80N4O5. The van der Waals surface area contributed by atoms with Crippen LogP contribution in [-0.4, -0.2) is 45.9 Å². The van der Waals surface area contributed by atoms with E-state index >= 15 is 0 Å². The van der Waals surface area contributed by atoms with E-state index in [0.717, 1.165) is 83.9 Å². The zero-order chi connectivity index (χ0) is 48.4. The molecule has 3 fully saturated rings. The van der Waals surface area contributed by atoms with Crippen molar-refractivity contribution in [2.24, 2.45) is 51.3 Å². The van der Waals surface area contributed by atoms with Crippen molar-refractivity contribution in [3.05, 3.63) is 107 Å². The lowest BCUT2D eigenvalue weighted by atomic mass is 9.47. The molecule has 9 heteroatoms. The van der Waals surface area contributed by atoms with Gasteiger partial charge in [0.25, 0.3) is 0 Å². The van der Waals surface area contributed by atoms with E-state index in [1.807, 2.05) is 48.5 Å². The zero-order valence-corrected chi connectivity index (χ0v) is 42.7. The van der Waals surface area contributed by atoms with Crippen molar-refractivity contribution in [1.82, 2.24) is 15.0 Å². The molecule has 3 aromatic carbocycles. The quantitative estimate of drug-likeness (QED) is 0.0254. The minimum Gasteiger partial charge on any atom is -0.494 e. The zero-order valence-electron chi connectivity index (χ0n) is 42.7. The van der Waals surface area contributed by atoms with Crippen LogP contribution in [0.4, 0.5) is 5.69 Å². The summed E-state index contributed by atoms with van der Waals surface area (Å²) < 4.78 is 19.3. The number of benzene rings is 3. The Kier molecular flexibility index (Phi) is 17.0. The Balaban J connectivity index is 0.771. The Morgan fingerprint density at radius 2 is 1.51 bits per heavy atom. The number of esters is 2. The minimum absolute atomic E-state index is 0.142. The molecule has 0 N–H and O–H groups in total. The SMILES string of the molecule is CCCCCCCCCCOc1ccc(C(=O)Oc2ccc(C=Nc3ccc(-n4cc(C(=O)O[C@H]5CC[C@@]6(C)C(=CC[C@H]7[C@@H]8CC[C@H]([C@H](C)CCCC(C)C)[C@@]8(C)CC[C@@H]76)C5)nn4)cc3)cc2)cc1. The lowest BCUT2D eigenvalue weighted by Gasteiger charge is -2.58. The molecule has 0 bridgehead atoms. The van der Waals surface area contributed by atoms with E-state index < -0.39 is 11.9 Å². The highest BCUT2D eigenvalue weighted by molar-refractivity contribution is 5.91. The molecule has 370 valence electrons. The van der Waals surface area contributed by atoms with Gasteiger partial charge in [-0.25, -0.2) is 14.3 Å². The average molecular weight is 937 g/mol. The summed E-state index contributed by atoms with van der Waals surface area (Å²) in [6.45, 7) is 15.4. The summed E-state index contributed by atoms with van der Waals surface area (Å²) in [5.41, 5.74) is 5.26. The Morgan fingerprint density at radius 3 is 2.25 bits per heavy atom. The van der Waals surface area contributed by atoms with Crippen molar-refractivity contribution >= 4 is 23.8 Å². The first-order valence-corrected chi connectivity index (χ1v) is 27.0. The molecular weight excluding hydrogens is 857 g/mol. The van der Waals surface area contributed by atoms with Crippen molar-refractivity contribution in [2.75, 3.05) is 6.61 Å². The van der Waals surface area contributed by atoms with Crippen LogP contribution in [0.5, 0.6) is 11.5 Å². The first-order valence-electron chi connectivity index (χ1n) is 27.0. The first-order chi connectivity index (χ1) is 33.4. The van der Waals surface area contributed by atoms with Crippen LogP contribution in [-0.2, 0) is 4.74 Å². The Morgan fingerprint density at radius 1 is 0.783 bits per heavy atom. The van der Waals surface area contributed by atoms with E-state index in [2.05, 4.69) is 62.9 Å². The molecule has 1 aromatic heterocycles. The lowest BCUT2D eigenvalue weighted by Crippen LogP contribution is -2.51. The molecule has 8 rings (SSSR count). The van der Waals surface area contributed by atoms with E-state index in [9.17, 15) is 9.59 Å². The van der Waals surface area contributed by atoms with Crippen molar-refractivity contribution in [3.8, 4) is 17.2 Å². The van der Waals surface area contributed by atoms with Gasteiger partial charge in [0.05, 0.1) is 29.7 Å². The molecule has 9 nitrogen and oxygen atoms in total. The van der Waals surface area contributed by atoms with Gasteiger partial charge in [0.2, 0.25) is 0 Å². The van der Waals surface area contributed by atoms with Crippen LogP contribution in [0, 0.1) is 46.3 Å². The number of nitrogens with zero attached hydrogens (tertiary/aromatic N) is 4. The highest BCUT2D eigenvalue weighted by Crippen LogP contribution is 2.67. The van der Waals surface area contributed by atoms with Crippen molar-refractivity contribution < 1.29 is 23.8 Å². The normalized spacial score (nSPS) is 25.7. The number of aliphatic imine (C=N–C) groups is 1. The van der Waals surface area contributed by atoms with Gasteiger partial charge in [-0.2, -0.15) is 0 Å². The van der Waals surface area contributed by atoms with Crippen LogP contribution in [0.2, 0.25) is 0 Å². The fourth-order valence-corrected chi connectivity index (χ4v) is 13.2. The number of ether oxygens (including phenoxy) is 3. The van der Waals surface area contributed by atoms with Crippen molar-refractivity contribution in [1.29, 1.82) is 0 Å². The predicted octanol–water partition coefficient (Wildman–Crippen LogP) is 15.3. The number of allylic oxidation sites excluding steroid dienone is 1. The van der Waals surface area contributed by atoms with Crippen LogP contribution in [0.25, 0.3) is 5.69 Å². The third kappa shape index (κ3) is 12.3. The van der Waals surface area contributed by atoms with Crippen LogP contribution in [0.3, 0.4) is 0 Å². The van der Waals surface area contributed by atoms with E-state index in [4.69, 9.17) is 14.2 Å². The molecule has 4 aromatic rings. The summed E-state index contributed by atoms with van der Waals surface area (Å²) in [7, 11) is 0. The molecule has 0 amide bonds. The van der Waals surface area contributed by atoms with Gasteiger partial charge in [-0.15, -0.1) is 5.10 Å². The number of carbonyl (C=O) groups excluding carboxylic acids is 2. The molecule has 0 spiro atoms. The number of hydrogen-bond acceptors (Lipinski definition) is 8. The fourth-order valence-electron chi connectivity index (χ4n) is 13.2. The van der Waals surface area contributed by atoms with E-state index in [1.165, 1.54) is 102 Å². The summed E-state index contributed by atoms with van der Waals surface area (Å²) >= 11 is 0. The summed E-state index contributed by atoms with van der Waals surface area (Å²) in [5.74, 6) is 5.21. The summed E-state index contributed by atoms with van der Waals surface area (Å²) in [4.78, 5) is 30.9. The maximum Gasteiger partial charge on any atom is 0.360 e. The molecule has 8 atom stereocenters. The topological polar surface area (TPSA) is 105 Å². The first kappa shape index (κ1) is 50.3. The number of hydrogen-bond donors (Lipinski definition) is 0.